The first-order valence-electron chi connectivity index (χ1n) is 5.54. The number of ether oxygens (including phenoxy) is 1. The van der Waals surface area contributed by atoms with E-state index in [0.29, 0.717) is 13.2 Å². The summed E-state index contributed by atoms with van der Waals surface area (Å²) in [4.78, 5) is 3.85. The van der Waals surface area contributed by atoms with Crippen LogP contribution in [-0.4, -0.2) is 24.2 Å². The van der Waals surface area contributed by atoms with Crippen LogP contribution in [0.5, 0.6) is 0 Å². The second-order valence-corrected chi connectivity index (χ2v) is 4.48. The van der Waals surface area contributed by atoms with Gasteiger partial charge in [-0.2, -0.15) is 13.2 Å². The standard InChI is InChI=1S/C11H12ClF3N2O/c12-9-5-7(11(13,14)15)6-10(17-9)16-8-1-3-18-4-2-8/h5-6,8H,1-4H2,(H,16,17). The van der Waals surface area contributed by atoms with Crippen LogP contribution in [0.3, 0.4) is 0 Å². The van der Waals surface area contributed by atoms with Crippen LogP contribution in [0.2, 0.25) is 5.15 Å². The van der Waals surface area contributed by atoms with Crippen molar-refractivity contribution in [3.05, 3.63) is 22.8 Å². The number of hydrogen-bond donors (Lipinski definition) is 1. The third kappa shape index (κ3) is 3.49. The maximum absolute atomic E-state index is 12.6. The molecule has 0 saturated carbocycles. The van der Waals surface area contributed by atoms with Crippen LogP contribution in [-0.2, 0) is 10.9 Å². The number of pyridine rings is 1. The Morgan fingerprint density at radius 3 is 2.56 bits per heavy atom. The highest BCUT2D eigenvalue weighted by atomic mass is 35.5. The first-order chi connectivity index (χ1) is 8.45. The van der Waals surface area contributed by atoms with Crippen molar-refractivity contribution in [2.45, 2.75) is 25.1 Å². The molecule has 1 aromatic heterocycles. The molecular weight excluding hydrogens is 269 g/mol. The van der Waals surface area contributed by atoms with Gasteiger partial charge in [-0.05, 0) is 25.0 Å². The molecular formula is C11H12ClF3N2O. The summed E-state index contributed by atoms with van der Waals surface area (Å²) in [6.45, 7) is 1.20. The molecule has 1 N–H and O–H groups in total. The molecule has 100 valence electrons. The predicted octanol–water partition coefficient (Wildman–Crippen LogP) is 3.34. The van der Waals surface area contributed by atoms with Crippen molar-refractivity contribution in [2.24, 2.45) is 0 Å². The Bertz CT molecular complexity index is 419. The molecule has 3 nitrogen and oxygen atoms in total. The first-order valence-corrected chi connectivity index (χ1v) is 5.92. The number of halogens is 4. The molecule has 0 spiro atoms. The highest BCUT2D eigenvalue weighted by Crippen LogP contribution is 2.32. The van der Waals surface area contributed by atoms with Crippen molar-refractivity contribution in [3.8, 4) is 0 Å². The smallest absolute Gasteiger partial charge is 0.381 e. The fraction of sp³-hybridized carbons (Fsp3) is 0.545. The molecule has 0 aliphatic carbocycles. The third-order valence-corrected chi connectivity index (χ3v) is 2.89. The molecule has 0 amide bonds. The minimum Gasteiger partial charge on any atom is -0.381 e. The maximum atomic E-state index is 12.6. The molecule has 1 fully saturated rings. The zero-order valence-electron chi connectivity index (χ0n) is 9.43. The molecule has 7 heteroatoms. The van der Waals surface area contributed by atoms with Gasteiger partial charge in [0.15, 0.2) is 0 Å². The lowest BCUT2D eigenvalue weighted by atomic mass is 10.1. The van der Waals surface area contributed by atoms with Crippen LogP contribution < -0.4 is 5.32 Å². The van der Waals surface area contributed by atoms with E-state index in [1.165, 1.54) is 0 Å². The van der Waals surface area contributed by atoms with Crippen molar-refractivity contribution in [3.63, 3.8) is 0 Å². The van der Waals surface area contributed by atoms with E-state index in [-0.39, 0.29) is 17.0 Å². The number of rotatable bonds is 2. The van der Waals surface area contributed by atoms with E-state index in [1.54, 1.807) is 0 Å². The van der Waals surface area contributed by atoms with Gasteiger partial charge in [0.1, 0.15) is 11.0 Å². The van der Waals surface area contributed by atoms with Crippen molar-refractivity contribution in [1.82, 2.24) is 4.98 Å². The average Bonchev–Trinajstić information content (AvgIpc) is 2.28. The summed E-state index contributed by atoms with van der Waals surface area (Å²) < 4.78 is 42.9. The molecule has 0 aromatic carbocycles. The van der Waals surface area contributed by atoms with E-state index in [0.717, 1.165) is 25.0 Å². The summed E-state index contributed by atoms with van der Waals surface area (Å²) in [5.41, 5.74) is -0.794. The van der Waals surface area contributed by atoms with Gasteiger partial charge in [-0.15, -0.1) is 0 Å². The lowest BCUT2D eigenvalue weighted by Crippen LogP contribution is -2.28. The molecule has 1 aliphatic rings. The summed E-state index contributed by atoms with van der Waals surface area (Å²) in [6, 6.07) is 1.86. The Morgan fingerprint density at radius 2 is 1.94 bits per heavy atom. The first kappa shape index (κ1) is 13.4. The Morgan fingerprint density at radius 1 is 1.28 bits per heavy atom. The molecule has 0 bridgehead atoms. The quantitative estimate of drug-likeness (QED) is 0.844. The van der Waals surface area contributed by atoms with Gasteiger partial charge in [-0.25, -0.2) is 4.98 Å². The number of nitrogens with zero attached hydrogens (tertiary/aromatic N) is 1. The van der Waals surface area contributed by atoms with Crippen molar-refractivity contribution < 1.29 is 17.9 Å². The van der Waals surface area contributed by atoms with E-state index in [1.807, 2.05) is 0 Å². The normalized spacial score (nSPS) is 17.8. The lowest BCUT2D eigenvalue weighted by molar-refractivity contribution is -0.137. The predicted molar refractivity (Wildman–Crippen MR) is 61.7 cm³/mol. The Balaban J connectivity index is 2.14. The number of nitrogens with one attached hydrogen (secondary N) is 1. The summed E-state index contributed by atoms with van der Waals surface area (Å²) >= 11 is 5.60. The molecule has 1 saturated heterocycles. The van der Waals surface area contributed by atoms with Crippen LogP contribution in [0.25, 0.3) is 0 Å². The van der Waals surface area contributed by atoms with Crippen LogP contribution in [0.4, 0.5) is 19.0 Å². The van der Waals surface area contributed by atoms with Crippen molar-refractivity contribution in [1.29, 1.82) is 0 Å². The van der Waals surface area contributed by atoms with Crippen LogP contribution in [0, 0.1) is 0 Å². The van der Waals surface area contributed by atoms with Gasteiger partial charge in [-0.1, -0.05) is 11.6 Å². The van der Waals surface area contributed by atoms with E-state index in [2.05, 4.69) is 10.3 Å². The number of hydrogen-bond acceptors (Lipinski definition) is 3. The minimum absolute atomic E-state index is 0.0748. The molecule has 0 unspecified atom stereocenters. The molecule has 0 radical (unpaired) electrons. The average molecular weight is 281 g/mol. The highest BCUT2D eigenvalue weighted by Gasteiger charge is 2.31. The zero-order valence-corrected chi connectivity index (χ0v) is 10.2. The summed E-state index contributed by atoms with van der Waals surface area (Å²) in [6.07, 6.45) is -2.93. The number of alkyl halides is 3. The van der Waals surface area contributed by atoms with Crippen LogP contribution >= 0.6 is 11.6 Å². The van der Waals surface area contributed by atoms with E-state index < -0.39 is 11.7 Å². The maximum Gasteiger partial charge on any atom is 0.416 e. The molecule has 18 heavy (non-hydrogen) atoms. The van der Waals surface area contributed by atoms with E-state index in [4.69, 9.17) is 16.3 Å². The summed E-state index contributed by atoms with van der Waals surface area (Å²) in [5.74, 6) is 0.154. The summed E-state index contributed by atoms with van der Waals surface area (Å²) in [7, 11) is 0. The van der Waals surface area contributed by atoms with Gasteiger partial charge in [0.25, 0.3) is 0 Å². The van der Waals surface area contributed by atoms with Gasteiger partial charge in [0.2, 0.25) is 0 Å². The van der Waals surface area contributed by atoms with Gasteiger partial charge in [-0.3, -0.25) is 0 Å². The molecule has 2 heterocycles. The van der Waals surface area contributed by atoms with Crippen LogP contribution in [0.15, 0.2) is 12.1 Å². The van der Waals surface area contributed by atoms with Crippen molar-refractivity contribution in [2.75, 3.05) is 18.5 Å². The topological polar surface area (TPSA) is 34.2 Å². The second-order valence-electron chi connectivity index (χ2n) is 4.09. The van der Waals surface area contributed by atoms with Gasteiger partial charge < -0.3 is 10.1 Å². The number of anilines is 1. The molecule has 0 atom stereocenters. The Labute approximate surface area is 107 Å². The van der Waals surface area contributed by atoms with Gasteiger partial charge in [0.05, 0.1) is 5.56 Å². The minimum atomic E-state index is -4.42. The molecule has 1 aromatic rings. The Kier molecular flexibility index (Phi) is 3.97. The highest BCUT2D eigenvalue weighted by molar-refractivity contribution is 6.29. The second kappa shape index (κ2) is 5.32. The fourth-order valence-corrected chi connectivity index (χ4v) is 1.99. The number of aromatic nitrogens is 1. The van der Waals surface area contributed by atoms with Crippen molar-refractivity contribution >= 4 is 17.4 Å². The molecule has 1 aliphatic heterocycles. The SMILES string of the molecule is FC(F)(F)c1cc(Cl)nc(NC2CCOCC2)c1. The Hall–Kier alpha value is -1.01. The van der Waals surface area contributed by atoms with Crippen LogP contribution in [0.1, 0.15) is 18.4 Å². The lowest BCUT2D eigenvalue weighted by Gasteiger charge is -2.24. The largest absolute Gasteiger partial charge is 0.416 e. The fourth-order valence-electron chi connectivity index (χ4n) is 1.79. The van der Waals surface area contributed by atoms with E-state index in [9.17, 15) is 13.2 Å². The van der Waals surface area contributed by atoms with Gasteiger partial charge in [0, 0.05) is 19.3 Å². The van der Waals surface area contributed by atoms with Gasteiger partial charge >= 0.3 is 6.18 Å². The monoisotopic (exact) mass is 280 g/mol. The molecule has 2 rings (SSSR count). The van der Waals surface area contributed by atoms with E-state index >= 15 is 0 Å². The summed E-state index contributed by atoms with van der Waals surface area (Å²) in [5, 5.41) is 2.79. The zero-order chi connectivity index (χ0) is 13.2. The third-order valence-electron chi connectivity index (χ3n) is 2.69.